The van der Waals surface area contributed by atoms with Crippen LogP contribution in [0.5, 0.6) is 0 Å². The van der Waals surface area contributed by atoms with E-state index in [0.717, 1.165) is 89.2 Å². The maximum Gasteiger partial charge on any atom is 0.136 e. The van der Waals surface area contributed by atoms with E-state index < -0.39 is 0 Å². The lowest BCUT2D eigenvalue weighted by atomic mass is 9.93. The van der Waals surface area contributed by atoms with Gasteiger partial charge in [-0.25, -0.2) is 0 Å². The molecule has 0 aliphatic heterocycles. The van der Waals surface area contributed by atoms with Gasteiger partial charge in [-0.15, -0.1) is 0 Å². The Bertz CT molecular complexity index is 4320. The standard InChI is InChI=1S/C72H48N2O/c1-2-15-49(16-3-1)50-33-35-55(36-34-50)63-21-6-10-25-68(63)73(59-44-39-54(40-45-59)61-19-4-5-20-62(61)57-41-46-67-66-24-9-13-28-71(66)75-72(67)48-57)58-42-37-52(38-43-58)51-29-31-53(32-30-51)56-17-14-18-60(47-56)74-69-26-11-7-22-64(69)65-23-8-12-27-70(65)74/h1-48H. The van der Waals surface area contributed by atoms with Gasteiger partial charge in [0, 0.05) is 44.2 Å². The van der Waals surface area contributed by atoms with Gasteiger partial charge < -0.3 is 13.9 Å². The van der Waals surface area contributed by atoms with E-state index in [1.807, 2.05) is 12.1 Å². The highest BCUT2D eigenvalue weighted by molar-refractivity contribution is 6.09. The van der Waals surface area contributed by atoms with Gasteiger partial charge in [0.05, 0.1) is 16.7 Å². The maximum atomic E-state index is 6.34. The van der Waals surface area contributed by atoms with Crippen molar-refractivity contribution in [2.45, 2.75) is 0 Å². The number of fused-ring (bicyclic) bond motifs is 6. The summed E-state index contributed by atoms with van der Waals surface area (Å²) in [6.07, 6.45) is 0. The molecule has 0 aliphatic rings. The summed E-state index contributed by atoms with van der Waals surface area (Å²) >= 11 is 0. The second-order valence-corrected chi connectivity index (χ2v) is 19.2. The largest absolute Gasteiger partial charge is 0.456 e. The molecule has 3 nitrogen and oxygen atoms in total. The molecule has 0 aliphatic carbocycles. The molecule has 352 valence electrons. The van der Waals surface area contributed by atoms with E-state index in [2.05, 4.69) is 289 Å². The summed E-state index contributed by atoms with van der Waals surface area (Å²) in [5.74, 6) is 0. The summed E-state index contributed by atoms with van der Waals surface area (Å²) in [7, 11) is 0. The van der Waals surface area contributed by atoms with E-state index in [-0.39, 0.29) is 0 Å². The first-order valence-electron chi connectivity index (χ1n) is 25.6. The first kappa shape index (κ1) is 43.8. The number of aromatic nitrogens is 1. The number of rotatable bonds is 10. The van der Waals surface area contributed by atoms with Gasteiger partial charge in [0.1, 0.15) is 11.2 Å². The molecule has 0 spiro atoms. The molecule has 14 aromatic rings. The molecule has 14 rings (SSSR count). The van der Waals surface area contributed by atoms with Crippen LogP contribution >= 0.6 is 0 Å². The van der Waals surface area contributed by atoms with E-state index in [0.29, 0.717) is 0 Å². The number of nitrogens with zero attached hydrogens (tertiary/aromatic N) is 2. The molecule has 0 bridgehead atoms. The van der Waals surface area contributed by atoms with Crippen LogP contribution in [0.15, 0.2) is 296 Å². The van der Waals surface area contributed by atoms with Crippen LogP contribution in [0.1, 0.15) is 0 Å². The van der Waals surface area contributed by atoms with Crippen molar-refractivity contribution in [3.05, 3.63) is 291 Å². The molecule has 0 saturated heterocycles. The number of furan rings is 1. The fourth-order valence-corrected chi connectivity index (χ4v) is 11.2. The number of para-hydroxylation sites is 4. The zero-order valence-electron chi connectivity index (χ0n) is 41.0. The van der Waals surface area contributed by atoms with Gasteiger partial charge in [-0.3, -0.25) is 0 Å². The van der Waals surface area contributed by atoms with Crippen molar-refractivity contribution in [2.75, 3.05) is 4.90 Å². The van der Waals surface area contributed by atoms with E-state index >= 15 is 0 Å². The third kappa shape index (κ3) is 7.95. The van der Waals surface area contributed by atoms with Crippen molar-refractivity contribution >= 4 is 60.8 Å². The second kappa shape index (κ2) is 18.6. The topological polar surface area (TPSA) is 21.3 Å². The molecule has 0 radical (unpaired) electrons. The van der Waals surface area contributed by atoms with Gasteiger partial charge in [-0.1, -0.05) is 218 Å². The lowest BCUT2D eigenvalue weighted by Gasteiger charge is -2.28. The van der Waals surface area contributed by atoms with Crippen LogP contribution in [0.2, 0.25) is 0 Å². The minimum atomic E-state index is 0.892. The summed E-state index contributed by atoms with van der Waals surface area (Å²) in [6.45, 7) is 0. The van der Waals surface area contributed by atoms with Crippen LogP contribution in [0, 0.1) is 0 Å². The first-order valence-corrected chi connectivity index (χ1v) is 25.6. The highest BCUT2D eigenvalue weighted by Gasteiger charge is 2.19. The quantitative estimate of drug-likeness (QED) is 0.136. The van der Waals surface area contributed by atoms with Gasteiger partial charge in [-0.2, -0.15) is 0 Å². The predicted molar refractivity (Wildman–Crippen MR) is 315 cm³/mol. The van der Waals surface area contributed by atoms with Crippen LogP contribution in [0.3, 0.4) is 0 Å². The summed E-state index contributed by atoms with van der Waals surface area (Å²) in [5, 5.41) is 4.79. The molecule has 3 heteroatoms. The number of benzene rings is 12. The van der Waals surface area contributed by atoms with Gasteiger partial charge >= 0.3 is 0 Å². The maximum absolute atomic E-state index is 6.34. The second-order valence-electron chi connectivity index (χ2n) is 19.2. The zero-order chi connectivity index (χ0) is 49.7. The average molecular weight is 957 g/mol. The minimum absolute atomic E-state index is 0.892. The van der Waals surface area contributed by atoms with Crippen molar-refractivity contribution in [2.24, 2.45) is 0 Å². The van der Waals surface area contributed by atoms with Crippen molar-refractivity contribution < 1.29 is 4.42 Å². The average Bonchev–Trinajstić information content (AvgIpc) is 4.06. The molecule has 0 fully saturated rings. The molecule has 0 N–H and O–H groups in total. The third-order valence-corrected chi connectivity index (χ3v) is 14.9. The van der Waals surface area contributed by atoms with Crippen LogP contribution in [-0.2, 0) is 0 Å². The number of anilines is 3. The molecule has 12 aromatic carbocycles. The molecule has 0 amide bonds. The lowest BCUT2D eigenvalue weighted by molar-refractivity contribution is 0.669. The number of hydrogen-bond acceptors (Lipinski definition) is 2. The van der Waals surface area contributed by atoms with E-state index in [4.69, 9.17) is 4.42 Å². The SMILES string of the molecule is c1ccc(-c2ccc(-c3ccccc3N(c3ccc(-c4ccc(-c5cccc(-n6c7ccccc7c7ccccc76)c5)cc4)cc3)c3ccc(-c4ccccc4-c4ccc5c(c4)oc4ccccc45)cc3)cc2)cc1. The molecular formula is C72H48N2O. The van der Waals surface area contributed by atoms with Crippen molar-refractivity contribution in [1.29, 1.82) is 0 Å². The summed E-state index contributed by atoms with van der Waals surface area (Å²) in [6, 6.07) is 105. The lowest BCUT2D eigenvalue weighted by Crippen LogP contribution is -2.11. The Morgan fingerprint density at radius 3 is 1.33 bits per heavy atom. The van der Waals surface area contributed by atoms with Gasteiger partial charge in [0.2, 0.25) is 0 Å². The Morgan fingerprint density at radius 1 is 0.253 bits per heavy atom. The van der Waals surface area contributed by atoms with Crippen LogP contribution < -0.4 is 4.90 Å². The fraction of sp³-hybridized carbons (Fsp3) is 0. The monoisotopic (exact) mass is 956 g/mol. The van der Waals surface area contributed by atoms with Crippen LogP contribution in [0.25, 0.3) is 116 Å². The highest BCUT2D eigenvalue weighted by Crippen LogP contribution is 2.44. The molecule has 0 atom stereocenters. The fourth-order valence-electron chi connectivity index (χ4n) is 11.2. The van der Waals surface area contributed by atoms with Gasteiger partial charge in [-0.05, 0) is 134 Å². The van der Waals surface area contributed by atoms with E-state index in [9.17, 15) is 0 Å². The first-order chi connectivity index (χ1) is 37.2. The molecule has 0 unspecified atom stereocenters. The van der Waals surface area contributed by atoms with Crippen molar-refractivity contribution in [3.63, 3.8) is 0 Å². The summed E-state index contributed by atoms with van der Waals surface area (Å²) < 4.78 is 8.72. The highest BCUT2D eigenvalue weighted by atomic mass is 16.3. The third-order valence-electron chi connectivity index (χ3n) is 14.9. The molecule has 75 heavy (non-hydrogen) atoms. The Balaban J connectivity index is 0.806. The molecule has 0 saturated carbocycles. The van der Waals surface area contributed by atoms with Crippen molar-refractivity contribution in [3.8, 4) is 72.4 Å². The summed E-state index contributed by atoms with van der Waals surface area (Å²) in [4.78, 5) is 2.39. The van der Waals surface area contributed by atoms with E-state index in [1.165, 1.54) is 44.1 Å². The Morgan fingerprint density at radius 2 is 0.680 bits per heavy atom. The predicted octanol–water partition coefficient (Wildman–Crippen LogP) is 20.2. The smallest absolute Gasteiger partial charge is 0.136 e. The molecular weight excluding hydrogens is 909 g/mol. The van der Waals surface area contributed by atoms with Gasteiger partial charge in [0.25, 0.3) is 0 Å². The Kier molecular flexibility index (Phi) is 10.8. The van der Waals surface area contributed by atoms with Gasteiger partial charge in [0.15, 0.2) is 0 Å². The molecule has 2 heterocycles. The minimum Gasteiger partial charge on any atom is -0.456 e. The zero-order valence-corrected chi connectivity index (χ0v) is 41.0. The Labute approximate surface area is 436 Å². The van der Waals surface area contributed by atoms with Crippen LogP contribution in [-0.4, -0.2) is 4.57 Å². The Hall–Kier alpha value is -9.96. The number of hydrogen-bond donors (Lipinski definition) is 0. The normalized spacial score (nSPS) is 11.5. The van der Waals surface area contributed by atoms with Crippen LogP contribution in [0.4, 0.5) is 17.1 Å². The summed E-state index contributed by atoms with van der Waals surface area (Å²) in [5.41, 5.74) is 22.5. The van der Waals surface area contributed by atoms with E-state index in [1.54, 1.807) is 0 Å². The van der Waals surface area contributed by atoms with Crippen molar-refractivity contribution in [1.82, 2.24) is 4.57 Å². The molecule has 2 aromatic heterocycles.